The second-order valence-corrected chi connectivity index (χ2v) is 1.98. The van der Waals surface area contributed by atoms with Gasteiger partial charge in [-0.15, -0.1) is 5.06 Å². The van der Waals surface area contributed by atoms with Gasteiger partial charge >= 0.3 is 5.97 Å². The van der Waals surface area contributed by atoms with Gasteiger partial charge in [0, 0.05) is 20.5 Å². The fourth-order valence-electron chi connectivity index (χ4n) is 0.426. The summed E-state index contributed by atoms with van der Waals surface area (Å²) in [6.45, 7) is 0. The molecular weight excluding hydrogens is 134 g/mol. The standard InChI is InChI=1S/C6H11NO3/c1-7(2)10-6(9)4-3-5-8/h5H,3-4H2,1-2H3. The Bertz CT molecular complexity index is 122. The minimum Gasteiger partial charge on any atom is -0.368 e. The molecule has 0 aromatic rings. The quantitative estimate of drug-likeness (QED) is 0.412. The lowest BCUT2D eigenvalue weighted by atomic mass is 10.3. The minimum atomic E-state index is -0.378. The third kappa shape index (κ3) is 5.24. The maximum atomic E-state index is 10.6. The number of nitrogens with zero attached hydrogens (tertiary/aromatic N) is 1. The summed E-state index contributed by atoms with van der Waals surface area (Å²) in [4.78, 5) is 25.0. The van der Waals surface area contributed by atoms with Crippen molar-refractivity contribution in [2.24, 2.45) is 0 Å². The molecule has 0 radical (unpaired) electrons. The van der Waals surface area contributed by atoms with Gasteiger partial charge < -0.3 is 9.63 Å². The first-order valence-corrected chi connectivity index (χ1v) is 2.98. The number of carbonyl (C=O) groups is 2. The predicted octanol–water partition coefficient (Wildman–Crippen LogP) is -0.0147. The zero-order valence-corrected chi connectivity index (χ0v) is 6.16. The van der Waals surface area contributed by atoms with Crippen LogP contribution in [-0.4, -0.2) is 31.4 Å². The molecule has 0 atom stereocenters. The smallest absolute Gasteiger partial charge is 0.325 e. The molecule has 0 unspecified atom stereocenters. The van der Waals surface area contributed by atoms with Crippen LogP contribution in [0.5, 0.6) is 0 Å². The minimum absolute atomic E-state index is 0.154. The Labute approximate surface area is 59.7 Å². The van der Waals surface area contributed by atoms with E-state index < -0.39 is 0 Å². The van der Waals surface area contributed by atoms with Crippen molar-refractivity contribution >= 4 is 12.3 Å². The second kappa shape index (κ2) is 4.93. The molecule has 0 bridgehead atoms. The van der Waals surface area contributed by atoms with Crippen molar-refractivity contribution in [1.82, 2.24) is 5.06 Å². The van der Waals surface area contributed by atoms with E-state index in [0.29, 0.717) is 6.29 Å². The normalized spacial score (nSPS) is 9.50. The van der Waals surface area contributed by atoms with Crippen LogP contribution in [0.4, 0.5) is 0 Å². The van der Waals surface area contributed by atoms with E-state index in [1.807, 2.05) is 0 Å². The van der Waals surface area contributed by atoms with Crippen LogP contribution in [0, 0.1) is 0 Å². The Kier molecular flexibility index (Phi) is 4.49. The lowest BCUT2D eigenvalue weighted by molar-refractivity contribution is -0.178. The van der Waals surface area contributed by atoms with E-state index in [9.17, 15) is 9.59 Å². The van der Waals surface area contributed by atoms with Crippen molar-refractivity contribution in [2.75, 3.05) is 14.1 Å². The van der Waals surface area contributed by atoms with Crippen molar-refractivity contribution < 1.29 is 14.4 Å². The molecule has 0 saturated carbocycles. The van der Waals surface area contributed by atoms with Crippen LogP contribution in [0.15, 0.2) is 0 Å². The predicted molar refractivity (Wildman–Crippen MR) is 35.1 cm³/mol. The van der Waals surface area contributed by atoms with Gasteiger partial charge in [0.2, 0.25) is 0 Å². The molecule has 0 aliphatic carbocycles. The van der Waals surface area contributed by atoms with Gasteiger partial charge in [0.1, 0.15) is 6.29 Å². The summed E-state index contributed by atoms with van der Waals surface area (Å²) in [5.41, 5.74) is 0. The van der Waals surface area contributed by atoms with Crippen molar-refractivity contribution in [3.63, 3.8) is 0 Å². The molecule has 0 N–H and O–H groups in total. The Morgan fingerprint density at radius 1 is 1.60 bits per heavy atom. The molecule has 0 aromatic heterocycles. The van der Waals surface area contributed by atoms with Crippen LogP contribution in [-0.2, 0) is 14.4 Å². The van der Waals surface area contributed by atoms with E-state index >= 15 is 0 Å². The lowest BCUT2D eigenvalue weighted by Gasteiger charge is -2.08. The summed E-state index contributed by atoms with van der Waals surface area (Å²) in [5.74, 6) is -0.378. The van der Waals surface area contributed by atoms with Gasteiger partial charge in [0.05, 0.1) is 6.42 Å². The highest BCUT2D eigenvalue weighted by Gasteiger charge is 2.02. The van der Waals surface area contributed by atoms with Gasteiger partial charge in [0.25, 0.3) is 0 Å². The summed E-state index contributed by atoms with van der Waals surface area (Å²) in [5, 5.41) is 1.30. The summed E-state index contributed by atoms with van der Waals surface area (Å²) in [6.07, 6.45) is 1.07. The third-order valence-electron chi connectivity index (χ3n) is 0.751. The molecule has 4 nitrogen and oxygen atoms in total. The van der Waals surface area contributed by atoms with Gasteiger partial charge in [-0.25, -0.2) is 0 Å². The fourth-order valence-corrected chi connectivity index (χ4v) is 0.426. The summed E-state index contributed by atoms with van der Waals surface area (Å²) >= 11 is 0. The van der Waals surface area contributed by atoms with Crippen LogP contribution in [0.25, 0.3) is 0 Å². The SMILES string of the molecule is CN(C)OC(=O)CCC=O. The van der Waals surface area contributed by atoms with Crippen LogP contribution >= 0.6 is 0 Å². The van der Waals surface area contributed by atoms with Crippen molar-refractivity contribution in [3.05, 3.63) is 0 Å². The molecule has 10 heavy (non-hydrogen) atoms. The number of carbonyl (C=O) groups excluding carboxylic acids is 2. The molecule has 0 fully saturated rings. The summed E-state index contributed by atoms with van der Waals surface area (Å²) in [6, 6.07) is 0. The van der Waals surface area contributed by atoms with Gasteiger partial charge in [-0.1, -0.05) is 0 Å². The number of hydrogen-bond acceptors (Lipinski definition) is 4. The number of hydrogen-bond donors (Lipinski definition) is 0. The number of aldehydes is 1. The van der Waals surface area contributed by atoms with Gasteiger partial charge in [-0.05, 0) is 0 Å². The van der Waals surface area contributed by atoms with E-state index in [0.717, 1.165) is 0 Å². The average molecular weight is 145 g/mol. The molecule has 0 amide bonds. The Balaban J connectivity index is 3.34. The largest absolute Gasteiger partial charge is 0.368 e. The van der Waals surface area contributed by atoms with Crippen LogP contribution in [0.2, 0.25) is 0 Å². The number of rotatable bonds is 4. The molecule has 0 spiro atoms. The summed E-state index contributed by atoms with van der Waals surface area (Å²) in [7, 11) is 3.22. The van der Waals surface area contributed by atoms with E-state index in [1.165, 1.54) is 5.06 Å². The van der Waals surface area contributed by atoms with Crippen LogP contribution in [0.1, 0.15) is 12.8 Å². The fraction of sp³-hybridized carbons (Fsp3) is 0.667. The summed E-state index contributed by atoms with van der Waals surface area (Å²) < 4.78 is 0. The first-order valence-electron chi connectivity index (χ1n) is 2.98. The van der Waals surface area contributed by atoms with Gasteiger partial charge in [-0.3, -0.25) is 4.79 Å². The molecule has 0 rings (SSSR count). The van der Waals surface area contributed by atoms with E-state index in [1.54, 1.807) is 14.1 Å². The first-order chi connectivity index (χ1) is 4.66. The third-order valence-corrected chi connectivity index (χ3v) is 0.751. The average Bonchev–Trinajstić information content (AvgIpc) is 1.82. The van der Waals surface area contributed by atoms with E-state index in [-0.39, 0.29) is 18.8 Å². The molecule has 4 heteroatoms. The van der Waals surface area contributed by atoms with E-state index in [2.05, 4.69) is 4.84 Å². The molecule has 0 aliphatic heterocycles. The topological polar surface area (TPSA) is 46.6 Å². The molecule has 0 saturated heterocycles. The molecule has 58 valence electrons. The number of hydroxylamine groups is 2. The Morgan fingerprint density at radius 3 is 2.60 bits per heavy atom. The second-order valence-electron chi connectivity index (χ2n) is 1.98. The van der Waals surface area contributed by atoms with Gasteiger partial charge in [-0.2, -0.15) is 0 Å². The lowest BCUT2D eigenvalue weighted by Crippen LogP contribution is -2.18. The highest BCUT2D eigenvalue weighted by molar-refractivity contribution is 5.72. The highest BCUT2D eigenvalue weighted by Crippen LogP contribution is 1.90. The Morgan fingerprint density at radius 2 is 2.20 bits per heavy atom. The monoisotopic (exact) mass is 145 g/mol. The van der Waals surface area contributed by atoms with Crippen LogP contribution < -0.4 is 0 Å². The molecular formula is C6H11NO3. The maximum Gasteiger partial charge on any atom is 0.325 e. The van der Waals surface area contributed by atoms with Crippen molar-refractivity contribution in [1.29, 1.82) is 0 Å². The van der Waals surface area contributed by atoms with Crippen molar-refractivity contribution in [3.8, 4) is 0 Å². The zero-order chi connectivity index (χ0) is 7.98. The molecule has 0 heterocycles. The van der Waals surface area contributed by atoms with E-state index in [4.69, 9.17) is 0 Å². The van der Waals surface area contributed by atoms with Crippen molar-refractivity contribution in [2.45, 2.75) is 12.8 Å². The highest BCUT2D eigenvalue weighted by atomic mass is 16.7. The zero-order valence-electron chi connectivity index (χ0n) is 6.16. The molecule has 0 aliphatic rings. The molecule has 0 aromatic carbocycles. The Hall–Kier alpha value is -0.900. The maximum absolute atomic E-state index is 10.6. The first kappa shape index (κ1) is 9.10. The van der Waals surface area contributed by atoms with Gasteiger partial charge in [0.15, 0.2) is 0 Å². The van der Waals surface area contributed by atoms with Crippen LogP contribution in [0.3, 0.4) is 0 Å².